The van der Waals surface area contributed by atoms with Crippen molar-refractivity contribution in [1.29, 1.82) is 0 Å². The number of sulfonamides is 1. The van der Waals surface area contributed by atoms with Gasteiger partial charge in [0, 0.05) is 18.7 Å². The van der Waals surface area contributed by atoms with Gasteiger partial charge >= 0.3 is 0 Å². The first-order valence-corrected chi connectivity index (χ1v) is 8.49. The molecular formula is C15H14N2O5S. The summed E-state index contributed by atoms with van der Waals surface area (Å²) in [5.41, 5.74) is -0.989. The van der Waals surface area contributed by atoms with Crippen LogP contribution in [-0.4, -0.2) is 35.5 Å². The summed E-state index contributed by atoms with van der Waals surface area (Å²) in [6.45, 7) is 0.336. The maximum atomic E-state index is 12.9. The summed E-state index contributed by atoms with van der Waals surface area (Å²) in [6.07, 6.45) is 7.26. The van der Waals surface area contributed by atoms with Crippen molar-refractivity contribution in [1.82, 2.24) is 4.31 Å². The molecule has 1 fully saturated rings. The monoisotopic (exact) mass is 334 g/mol. The lowest BCUT2D eigenvalue weighted by Crippen LogP contribution is -2.45. The van der Waals surface area contributed by atoms with E-state index in [4.69, 9.17) is 0 Å². The zero-order chi connectivity index (χ0) is 16.7. The van der Waals surface area contributed by atoms with E-state index in [0.717, 1.165) is 0 Å². The van der Waals surface area contributed by atoms with Crippen LogP contribution in [0.3, 0.4) is 0 Å². The van der Waals surface area contributed by atoms with Gasteiger partial charge in [0.1, 0.15) is 0 Å². The number of non-ortho nitro benzene ring substituents is 1. The Labute approximate surface area is 133 Å². The maximum absolute atomic E-state index is 12.9. The molecule has 0 bridgehead atoms. The van der Waals surface area contributed by atoms with Crippen molar-refractivity contribution in [3.05, 3.63) is 58.7 Å². The van der Waals surface area contributed by atoms with Crippen LogP contribution in [-0.2, 0) is 14.8 Å². The number of hydrogen-bond donors (Lipinski definition) is 0. The Morgan fingerprint density at radius 2 is 1.74 bits per heavy atom. The van der Waals surface area contributed by atoms with Gasteiger partial charge in [-0.1, -0.05) is 12.2 Å². The molecule has 3 rings (SSSR count). The zero-order valence-corrected chi connectivity index (χ0v) is 12.9. The second kappa shape index (κ2) is 5.39. The van der Waals surface area contributed by atoms with E-state index < -0.39 is 20.5 Å². The summed E-state index contributed by atoms with van der Waals surface area (Å²) in [4.78, 5) is 21.4. The molecule has 0 unspecified atom stereocenters. The number of hydrogen-bond acceptors (Lipinski definition) is 5. The minimum absolute atomic E-state index is 0.00285. The minimum Gasteiger partial charge on any atom is -0.290 e. The van der Waals surface area contributed by atoms with Gasteiger partial charge in [-0.15, -0.1) is 0 Å². The number of benzene rings is 1. The summed E-state index contributed by atoms with van der Waals surface area (Å²) >= 11 is 0. The molecule has 0 amide bonds. The van der Waals surface area contributed by atoms with Crippen molar-refractivity contribution in [3.63, 3.8) is 0 Å². The number of ketones is 1. The van der Waals surface area contributed by atoms with Gasteiger partial charge in [-0.25, -0.2) is 8.42 Å². The Bertz CT molecular complexity index is 808. The highest BCUT2D eigenvalue weighted by Gasteiger charge is 2.45. The average Bonchev–Trinajstić information content (AvgIpc) is 2.95. The third-order valence-corrected chi connectivity index (χ3v) is 6.08. The van der Waals surface area contributed by atoms with Crippen LogP contribution >= 0.6 is 0 Å². The third kappa shape index (κ3) is 2.60. The smallest absolute Gasteiger partial charge is 0.269 e. The SMILES string of the molecule is O=C1C=CC2(C=C1)CCCN2S(=O)(=O)c1ccc([N+](=O)[O-])cc1. The standard InChI is InChI=1S/C15H14N2O5S/c18-13-6-9-15(10-7-13)8-1-11-16(15)23(21,22)14-4-2-12(3-5-14)17(19)20/h2-7,9-10H,1,8,11H2. The van der Waals surface area contributed by atoms with E-state index in [2.05, 4.69) is 0 Å². The van der Waals surface area contributed by atoms with E-state index in [1.807, 2.05) is 0 Å². The summed E-state index contributed by atoms with van der Waals surface area (Å²) in [6, 6.07) is 4.82. The molecule has 2 aliphatic rings. The zero-order valence-electron chi connectivity index (χ0n) is 12.1. The number of nitro benzene ring substituents is 1. The molecule has 1 aliphatic heterocycles. The first kappa shape index (κ1) is 15.6. The number of carbonyl (C=O) groups excluding carboxylic acids is 1. The van der Waals surface area contributed by atoms with Gasteiger partial charge in [-0.3, -0.25) is 14.9 Å². The van der Waals surface area contributed by atoms with Crippen molar-refractivity contribution in [3.8, 4) is 0 Å². The second-order valence-electron chi connectivity index (χ2n) is 5.49. The van der Waals surface area contributed by atoms with Crippen LogP contribution in [0.5, 0.6) is 0 Å². The van der Waals surface area contributed by atoms with Crippen LogP contribution in [0.2, 0.25) is 0 Å². The normalized spacial score (nSPS) is 20.3. The molecule has 1 aromatic rings. The highest BCUT2D eigenvalue weighted by molar-refractivity contribution is 7.89. The molecule has 1 heterocycles. The van der Waals surface area contributed by atoms with E-state index in [1.165, 1.54) is 40.7 Å². The minimum atomic E-state index is -3.81. The van der Waals surface area contributed by atoms with E-state index in [-0.39, 0.29) is 16.4 Å². The van der Waals surface area contributed by atoms with Gasteiger partial charge in [0.05, 0.1) is 15.4 Å². The molecule has 23 heavy (non-hydrogen) atoms. The molecule has 0 aromatic heterocycles. The lowest BCUT2D eigenvalue weighted by Gasteiger charge is -2.33. The first-order valence-electron chi connectivity index (χ1n) is 7.05. The summed E-state index contributed by atoms with van der Waals surface area (Å²) in [7, 11) is -3.81. The van der Waals surface area contributed by atoms with Crippen LogP contribution in [0, 0.1) is 10.1 Å². The van der Waals surface area contributed by atoms with Gasteiger partial charge < -0.3 is 0 Å². The molecule has 7 nitrogen and oxygen atoms in total. The lowest BCUT2D eigenvalue weighted by molar-refractivity contribution is -0.384. The van der Waals surface area contributed by atoms with Crippen LogP contribution in [0.4, 0.5) is 5.69 Å². The predicted octanol–water partition coefficient (Wildman–Crippen LogP) is 1.81. The van der Waals surface area contributed by atoms with Crippen LogP contribution in [0.1, 0.15) is 12.8 Å². The van der Waals surface area contributed by atoms with Crippen molar-refractivity contribution >= 4 is 21.5 Å². The summed E-state index contributed by atoms with van der Waals surface area (Å²) in [5.74, 6) is -0.171. The summed E-state index contributed by atoms with van der Waals surface area (Å²) < 4.78 is 27.1. The quantitative estimate of drug-likeness (QED) is 0.620. The van der Waals surface area contributed by atoms with Crippen molar-refractivity contribution in [2.45, 2.75) is 23.3 Å². The molecule has 0 atom stereocenters. The summed E-state index contributed by atoms with van der Waals surface area (Å²) in [5, 5.41) is 10.7. The number of nitro groups is 1. The molecule has 1 aromatic carbocycles. The second-order valence-corrected chi connectivity index (χ2v) is 7.35. The molecule has 0 radical (unpaired) electrons. The molecule has 1 saturated heterocycles. The predicted molar refractivity (Wildman–Crippen MR) is 82.2 cm³/mol. The molecule has 8 heteroatoms. The molecule has 1 aliphatic carbocycles. The fraction of sp³-hybridized carbons (Fsp3) is 0.267. The molecule has 120 valence electrons. The number of carbonyl (C=O) groups is 1. The molecular weight excluding hydrogens is 320 g/mol. The first-order chi connectivity index (χ1) is 10.8. The van der Waals surface area contributed by atoms with Crippen LogP contribution in [0.25, 0.3) is 0 Å². The van der Waals surface area contributed by atoms with Gasteiger partial charge in [0.15, 0.2) is 5.78 Å². The van der Waals surface area contributed by atoms with Crippen molar-refractivity contribution in [2.24, 2.45) is 0 Å². The molecule has 1 spiro atoms. The van der Waals surface area contributed by atoms with E-state index in [1.54, 1.807) is 12.2 Å². The van der Waals surface area contributed by atoms with Crippen LogP contribution in [0.15, 0.2) is 53.5 Å². The Hall–Kier alpha value is -2.32. The lowest BCUT2D eigenvalue weighted by atomic mass is 9.92. The Kier molecular flexibility index (Phi) is 3.65. The highest BCUT2D eigenvalue weighted by atomic mass is 32.2. The highest BCUT2D eigenvalue weighted by Crippen LogP contribution is 2.38. The Balaban J connectivity index is 1.99. The Morgan fingerprint density at radius 3 is 2.30 bits per heavy atom. The fourth-order valence-electron chi connectivity index (χ4n) is 2.95. The van der Waals surface area contributed by atoms with Crippen molar-refractivity contribution in [2.75, 3.05) is 6.54 Å². The number of nitrogens with zero attached hydrogens (tertiary/aromatic N) is 2. The van der Waals surface area contributed by atoms with Gasteiger partial charge in [-0.2, -0.15) is 4.31 Å². The number of rotatable bonds is 3. The van der Waals surface area contributed by atoms with Gasteiger partial charge in [0.2, 0.25) is 10.0 Å². The van der Waals surface area contributed by atoms with Gasteiger partial charge in [-0.05, 0) is 37.1 Å². The Morgan fingerprint density at radius 1 is 1.13 bits per heavy atom. The number of allylic oxidation sites excluding steroid dienone is 2. The fourth-order valence-corrected chi connectivity index (χ4v) is 4.71. The molecule has 0 N–H and O–H groups in total. The third-order valence-electron chi connectivity index (χ3n) is 4.11. The van der Waals surface area contributed by atoms with Crippen molar-refractivity contribution < 1.29 is 18.1 Å². The largest absolute Gasteiger partial charge is 0.290 e. The van der Waals surface area contributed by atoms with E-state index >= 15 is 0 Å². The van der Waals surface area contributed by atoms with Gasteiger partial charge in [0.25, 0.3) is 5.69 Å². The average molecular weight is 334 g/mol. The maximum Gasteiger partial charge on any atom is 0.269 e. The molecule has 0 saturated carbocycles. The van der Waals surface area contributed by atoms with E-state index in [0.29, 0.717) is 19.4 Å². The topological polar surface area (TPSA) is 97.6 Å². The van der Waals surface area contributed by atoms with Crippen LogP contribution < -0.4 is 0 Å². The van der Waals surface area contributed by atoms with E-state index in [9.17, 15) is 23.3 Å².